The van der Waals surface area contributed by atoms with Gasteiger partial charge in [0.1, 0.15) is 17.1 Å². The molecule has 1 atom stereocenters. The summed E-state index contributed by atoms with van der Waals surface area (Å²) in [6, 6.07) is 4.97. The van der Waals surface area contributed by atoms with E-state index in [2.05, 4.69) is 20.3 Å². The van der Waals surface area contributed by atoms with Crippen LogP contribution in [0.25, 0.3) is 11.5 Å². The Kier molecular flexibility index (Phi) is 5.15. The maximum absolute atomic E-state index is 13.0. The van der Waals surface area contributed by atoms with Crippen LogP contribution in [-0.4, -0.2) is 28.0 Å². The standard InChI is InChI=1S/C20H17F3N4O3/c1-29-16-10-11(5-8-25-16)18(28)26-13-3-2-4-14-17(13)27-19(30-14)12-6-7-24-15(9-12)20(21,22)23/h5-10,13H,2-4H2,1H3,(H,26,28). The minimum absolute atomic E-state index is 0.0691. The number of aromatic nitrogens is 3. The Labute approximate surface area is 169 Å². The number of nitrogens with zero attached hydrogens (tertiary/aromatic N) is 3. The van der Waals surface area contributed by atoms with E-state index >= 15 is 0 Å². The van der Waals surface area contributed by atoms with Gasteiger partial charge in [-0.2, -0.15) is 13.2 Å². The van der Waals surface area contributed by atoms with Crippen LogP contribution in [0.15, 0.2) is 41.1 Å². The van der Waals surface area contributed by atoms with Crippen molar-refractivity contribution in [1.82, 2.24) is 20.3 Å². The van der Waals surface area contributed by atoms with E-state index in [9.17, 15) is 18.0 Å². The molecule has 3 aromatic rings. The molecule has 1 N–H and O–H groups in total. The van der Waals surface area contributed by atoms with Crippen LogP contribution < -0.4 is 10.1 Å². The number of amides is 1. The van der Waals surface area contributed by atoms with Crippen LogP contribution in [0.5, 0.6) is 5.88 Å². The molecule has 4 rings (SSSR count). The summed E-state index contributed by atoms with van der Waals surface area (Å²) in [5, 5.41) is 2.91. The molecule has 0 spiro atoms. The average Bonchev–Trinajstić information content (AvgIpc) is 3.19. The molecule has 156 valence electrons. The van der Waals surface area contributed by atoms with Crippen LogP contribution in [0.1, 0.15) is 46.4 Å². The number of aryl methyl sites for hydroxylation is 1. The van der Waals surface area contributed by atoms with Gasteiger partial charge in [-0.3, -0.25) is 9.78 Å². The molecular weight excluding hydrogens is 401 g/mol. The van der Waals surface area contributed by atoms with E-state index < -0.39 is 17.9 Å². The van der Waals surface area contributed by atoms with Crippen molar-refractivity contribution in [2.24, 2.45) is 0 Å². The molecule has 3 heterocycles. The Morgan fingerprint density at radius 2 is 2.03 bits per heavy atom. The van der Waals surface area contributed by atoms with Crippen LogP contribution in [0, 0.1) is 0 Å². The zero-order chi connectivity index (χ0) is 21.3. The molecule has 1 aliphatic carbocycles. The minimum atomic E-state index is -4.57. The molecule has 10 heteroatoms. The maximum Gasteiger partial charge on any atom is 0.433 e. The molecule has 0 radical (unpaired) electrons. The number of nitrogens with one attached hydrogen (secondary N) is 1. The number of halogens is 3. The first kappa shape index (κ1) is 19.9. The number of carbonyl (C=O) groups excluding carboxylic acids is 1. The van der Waals surface area contributed by atoms with Crippen molar-refractivity contribution in [3.8, 4) is 17.3 Å². The van der Waals surface area contributed by atoms with Crippen molar-refractivity contribution in [3.63, 3.8) is 0 Å². The van der Waals surface area contributed by atoms with Gasteiger partial charge in [-0.1, -0.05) is 0 Å². The van der Waals surface area contributed by atoms with Gasteiger partial charge >= 0.3 is 6.18 Å². The second-order valence-corrected chi connectivity index (χ2v) is 6.76. The van der Waals surface area contributed by atoms with Gasteiger partial charge in [0, 0.05) is 36.0 Å². The largest absolute Gasteiger partial charge is 0.481 e. The van der Waals surface area contributed by atoms with Crippen LogP contribution >= 0.6 is 0 Å². The summed E-state index contributed by atoms with van der Waals surface area (Å²) >= 11 is 0. The van der Waals surface area contributed by atoms with E-state index in [1.54, 1.807) is 6.07 Å². The zero-order valence-electron chi connectivity index (χ0n) is 15.9. The lowest BCUT2D eigenvalue weighted by Gasteiger charge is -2.21. The van der Waals surface area contributed by atoms with Crippen molar-refractivity contribution in [1.29, 1.82) is 0 Å². The maximum atomic E-state index is 13.0. The number of methoxy groups -OCH3 is 1. The van der Waals surface area contributed by atoms with Crippen LogP contribution in [0.2, 0.25) is 0 Å². The summed E-state index contributed by atoms with van der Waals surface area (Å²) in [7, 11) is 1.46. The van der Waals surface area contributed by atoms with Crippen molar-refractivity contribution in [3.05, 3.63) is 59.4 Å². The Bertz CT molecular complexity index is 1080. The monoisotopic (exact) mass is 418 g/mol. The van der Waals surface area contributed by atoms with Gasteiger partial charge in [0.25, 0.3) is 5.91 Å². The summed E-state index contributed by atoms with van der Waals surface area (Å²) in [4.78, 5) is 24.4. The Morgan fingerprint density at radius 1 is 1.23 bits per heavy atom. The molecule has 0 fully saturated rings. The van der Waals surface area contributed by atoms with Crippen molar-refractivity contribution < 1.29 is 27.1 Å². The first-order chi connectivity index (χ1) is 14.3. The Morgan fingerprint density at radius 3 is 2.80 bits per heavy atom. The van der Waals surface area contributed by atoms with Crippen molar-refractivity contribution in [2.75, 3.05) is 7.11 Å². The number of oxazole rings is 1. The van der Waals surface area contributed by atoms with E-state index in [0.717, 1.165) is 18.7 Å². The van der Waals surface area contributed by atoms with E-state index in [1.165, 1.54) is 25.4 Å². The fraction of sp³-hybridized carbons (Fsp3) is 0.300. The summed E-state index contributed by atoms with van der Waals surface area (Å²) in [5.41, 5.74) is 0.0565. The number of rotatable bonds is 4. The van der Waals surface area contributed by atoms with Crippen LogP contribution in [0.4, 0.5) is 13.2 Å². The third kappa shape index (κ3) is 3.98. The highest BCUT2D eigenvalue weighted by Crippen LogP contribution is 2.35. The molecule has 0 saturated heterocycles. The smallest absolute Gasteiger partial charge is 0.433 e. The van der Waals surface area contributed by atoms with Crippen LogP contribution in [-0.2, 0) is 12.6 Å². The Balaban J connectivity index is 1.59. The van der Waals surface area contributed by atoms with Gasteiger partial charge < -0.3 is 14.5 Å². The summed E-state index contributed by atoms with van der Waals surface area (Å²) in [5.74, 6) is 0.606. The van der Waals surface area contributed by atoms with Gasteiger partial charge in [0.2, 0.25) is 11.8 Å². The summed E-state index contributed by atoms with van der Waals surface area (Å²) < 4.78 is 49.6. The number of hydrogen-bond donors (Lipinski definition) is 1. The fourth-order valence-corrected chi connectivity index (χ4v) is 3.30. The topological polar surface area (TPSA) is 90.1 Å². The van der Waals surface area contributed by atoms with Crippen molar-refractivity contribution in [2.45, 2.75) is 31.5 Å². The highest BCUT2D eigenvalue weighted by Gasteiger charge is 2.33. The molecule has 1 amide bonds. The number of ether oxygens (including phenoxy) is 1. The number of pyridine rings is 2. The number of carbonyl (C=O) groups is 1. The summed E-state index contributed by atoms with van der Waals surface area (Å²) in [6.45, 7) is 0. The number of hydrogen-bond acceptors (Lipinski definition) is 6. The second-order valence-electron chi connectivity index (χ2n) is 6.76. The molecule has 7 nitrogen and oxygen atoms in total. The number of alkyl halides is 3. The van der Waals surface area contributed by atoms with Gasteiger partial charge in [0.15, 0.2) is 0 Å². The molecular formula is C20H17F3N4O3. The molecule has 0 aliphatic heterocycles. The molecule has 0 aromatic carbocycles. The van der Waals surface area contributed by atoms with Gasteiger partial charge in [0.05, 0.1) is 13.2 Å². The lowest BCUT2D eigenvalue weighted by Crippen LogP contribution is -2.31. The van der Waals surface area contributed by atoms with Gasteiger partial charge in [-0.15, -0.1) is 0 Å². The predicted molar refractivity (Wildman–Crippen MR) is 98.7 cm³/mol. The fourth-order valence-electron chi connectivity index (χ4n) is 3.30. The molecule has 1 unspecified atom stereocenters. The summed E-state index contributed by atoms with van der Waals surface area (Å²) in [6.07, 6.45) is -0.0554. The predicted octanol–water partition coefficient (Wildman–Crippen LogP) is 3.97. The Hall–Kier alpha value is -3.43. The van der Waals surface area contributed by atoms with Crippen LogP contribution in [0.3, 0.4) is 0 Å². The normalized spacial score (nSPS) is 16.1. The van der Waals surface area contributed by atoms with Gasteiger partial charge in [-0.25, -0.2) is 9.97 Å². The minimum Gasteiger partial charge on any atom is -0.481 e. The molecule has 1 aliphatic rings. The average molecular weight is 418 g/mol. The second kappa shape index (κ2) is 7.77. The van der Waals surface area contributed by atoms with E-state index in [4.69, 9.17) is 9.15 Å². The zero-order valence-corrected chi connectivity index (χ0v) is 15.9. The molecule has 0 saturated carbocycles. The third-order valence-corrected chi connectivity index (χ3v) is 4.76. The lowest BCUT2D eigenvalue weighted by molar-refractivity contribution is -0.141. The molecule has 3 aromatic heterocycles. The number of fused-ring (bicyclic) bond motifs is 1. The van der Waals surface area contributed by atoms with Crippen molar-refractivity contribution >= 4 is 5.91 Å². The lowest BCUT2D eigenvalue weighted by atomic mass is 9.96. The highest BCUT2D eigenvalue weighted by atomic mass is 19.4. The van der Waals surface area contributed by atoms with Gasteiger partial charge in [-0.05, 0) is 31.0 Å². The molecule has 0 bridgehead atoms. The molecule has 30 heavy (non-hydrogen) atoms. The quantitative estimate of drug-likeness (QED) is 0.690. The van der Waals surface area contributed by atoms with E-state index in [0.29, 0.717) is 35.7 Å². The SMILES string of the molecule is COc1cc(C(=O)NC2CCCc3oc(-c4ccnc(C(F)(F)F)c4)nc32)ccn1. The first-order valence-electron chi connectivity index (χ1n) is 9.19. The third-order valence-electron chi connectivity index (χ3n) is 4.76. The first-order valence-corrected chi connectivity index (χ1v) is 9.19. The van der Waals surface area contributed by atoms with E-state index in [-0.39, 0.29) is 17.4 Å². The highest BCUT2D eigenvalue weighted by molar-refractivity contribution is 5.94. The van der Waals surface area contributed by atoms with E-state index in [1.807, 2.05) is 0 Å².